The van der Waals surface area contributed by atoms with Crippen molar-refractivity contribution >= 4 is 22.8 Å². The number of halogens is 3. The molecular formula is C25H23F3N4O3. The average molecular weight is 484 g/mol. The fourth-order valence-corrected chi connectivity index (χ4v) is 5.46. The third-order valence-corrected chi connectivity index (χ3v) is 6.82. The van der Waals surface area contributed by atoms with Crippen molar-refractivity contribution in [3.05, 3.63) is 54.4 Å². The Balaban J connectivity index is 1.34. The average Bonchev–Trinajstić information content (AvgIpc) is 3.32. The van der Waals surface area contributed by atoms with Crippen molar-refractivity contribution in [2.45, 2.75) is 51.1 Å². The summed E-state index contributed by atoms with van der Waals surface area (Å²) in [5.41, 5.74) is 1.86. The smallest absolute Gasteiger partial charge is 0.441 e. The normalized spacial score (nSPS) is 24.5. The fourth-order valence-electron chi connectivity index (χ4n) is 5.46. The van der Waals surface area contributed by atoms with E-state index in [1.165, 1.54) is 29.2 Å². The Kier molecular flexibility index (Phi) is 5.38. The Bertz CT molecular complexity index is 1310. The lowest BCUT2D eigenvalue weighted by Crippen LogP contribution is -2.45. The number of rotatable bonds is 4. The molecule has 1 spiro atoms. The van der Waals surface area contributed by atoms with Gasteiger partial charge in [0, 0.05) is 12.2 Å². The van der Waals surface area contributed by atoms with E-state index < -0.39 is 18.1 Å². The molecular weight excluding hydrogens is 461 g/mol. The quantitative estimate of drug-likeness (QED) is 0.469. The molecule has 0 radical (unpaired) electrons. The van der Waals surface area contributed by atoms with Crippen LogP contribution in [0.3, 0.4) is 0 Å². The van der Waals surface area contributed by atoms with Crippen LogP contribution in [0.15, 0.2) is 48.8 Å². The summed E-state index contributed by atoms with van der Waals surface area (Å²) in [4.78, 5) is 18.7. The van der Waals surface area contributed by atoms with Crippen molar-refractivity contribution in [3.8, 4) is 11.8 Å². The van der Waals surface area contributed by atoms with Crippen molar-refractivity contribution in [1.82, 2.24) is 9.55 Å². The summed E-state index contributed by atoms with van der Waals surface area (Å²) in [6, 6.07) is 12.8. The number of nitrogens with zero attached hydrogens (tertiary/aromatic N) is 4. The molecule has 35 heavy (non-hydrogen) atoms. The van der Waals surface area contributed by atoms with Crippen molar-refractivity contribution < 1.29 is 27.4 Å². The first-order valence-electron chi connectivity index (χ1n) is 11.3. The van der Waals surface area contributed by atoms with Gasteiger partial charge in [-0.25, -0.2) is 9.78 Å². The van der Waals surface area contributed by atoms with Gasteiger partial charge in [-0.2, -0.15) is 5.26 Å². The van der Waals surface area contributed by atoms with Gasteiger partial charge in [-0.3, -0.25) is 4.90 Å². The number of fused-ring (bicyclic) bond motifs is 1. The maximum atomic E-state index is 12.8. The molecule has 5 rings (SSSR count). The third kappa shape index (κ3) is 4.63. The van der Waals surface area contributed by atoms with E-state index in [0.717, 1.165) is 23.9 Å². The second-order valence-electron chi connectivity index (χ2n) is 9.71. The van der Waals surface area contributed by atoms with Crippen molar-refractivity contribution in [2.24, 2.45) is 5.41 Å². The number of carbonyl (C=O) groups is 1. The SMILES string of the molecule is CC1(Cn2cnc3ccc(C#N)cc32)CCCC2(CN(c3ccc(OC(F)(F)F)cc3)C(=O)O2)C1. The first-order valence-corrected chi connectivity index (χ1v) is 11.3. The van der Waals surface area contributed by atoms with Crippen LogP contribution in [0.25, 0.3) is 11.0 Å². The van der Waals surface area contributed by atoms with Gasteiger partial charge >= 0.3 is 12.5 Å². The zero-order chi connectivity index (χ0) is 24.8. The number of aromatic nitrogens is 2. The standard InChI is InChI=1S/C25H23F3N4O3/c1-23(14-31-16-30-20-8-3-17(12-29)11-21(20)31)9-2-10-24(13-23)15-32(22(33)35-24)18-4-6-19(7-5-18)34-25(26,27)28/h3-8,11,16H,2,9-10,13-15H2,1H3. The molecule has 0 bridgehead atoms. The van der Waals surface area contributed by atoms with Crippen LogP contribution in [-0.2, 0) is 11.3 Å². The van der Waals surface area contributed by atoms with Gasteiger partial charge in [0.05, 0.1) is 35.5 Å². The molecule has 10 heteroatoms. The zero-order valence-corrected chi connectivity index (χ0v) is 19.0. The number of anilines is 1. The first kappa shape index (κ1) is 23.0. The highest BCUT2D eigenvalue weighted by atomic mass is 19.4. The van der Waals surface area contributed by atoms with E-state index in [-0.39, 0.29) is 11.2 Å². The topological polar surface area (TPSA) is 80.4 Å². The third-order valence-electron chi connectivity index (χ3n) is 6.82. The maximum absolute atomic E-state index is 12.8. The Morgan fingerprint density at radius 2 is 1.97 bits per heavy atom. The number of imidazole rings is 1. The lowest BCUT2D eigenvalue weighted by molar-refractivity contribution is -0.274. The highest BCUT2D eigenvalue weighted by Gasteiger charge is 2.51. The molecule has 1 saturated carbocycles. The summed E-state index contributed by atoms with van der Waals surface area (Å²) in [5, 5.41) is 9.26. The summed E-state index contributed by atoms with van der Waals surface area (Å²) in [7, 11) is 0. The molecule has 1 amide bonds. The van der Waals surface area contributed by atoms with Crippen LogP contribution >= 0.6 is 0 Å². The van der Waals surface area contributed by atoms with E-state index in [0.29, 0.717) is 37.2 Å². The number of hydrogen-bond acceptors (Lipinski definition) is 5. The minimum atomic E-state index is -4.78. The first-order chi connectivity index (χ1) is 16.6. The molecule has 0 N–H and O–H groups in total. The highest BCUT2D eigenvalue weighted by Crippen LogP contribution is 2.48. The zero-order valence-electron chi connectivity index (χ0n) is 19.0. The van der Waals surface area contributed by atoms with Crippen LogP contribution in [-0.4, -0.2) is 34.2 Å². The number of benzene rings is 2. The summed E-state index contributed by atoms with van der Waals surface area (Å²) < 4.78 is 49.2. The highest BCUT2D eigenvalue weighted by molar-refractivity contribution is 5.90. The number of nitriles is 1. The molecule has 3 aromatic rings. The molecule has 1 aliphatic heterocycles. The molecule has 1 aliphatic carbocycles. The lowest BCUT2D eigenvalue weighted by atomic mass is 9.68. The number of amides is 1. The summed E-state index contributed by atoms with van der Waals surface area (Å²) in [5.74, 6) is -0.346. The van der Waals surface area contributed by atoms with Gasteiger partial charge in [0.15, 0.2) is 0 Å². The molecule has 2 unspecified atom stereocenters. The summed E-state index contributed by atoms with van der Waals surface area (Å²) in [6.07, 6.45) is -0.361. The molecule has 7 nitrogen and oxygen atoms in total. The molecule has 2 aliphatic rings. The molecule has 2 aromatic carbocycles. The predicted octanol–water partition coefficient (Wildman–Crippen LogP) is 5.78. The second kappa shape index (κ2) is 8.18. The van der Waals surface area contributed by atoms with Gasteiger partial charge in [-0.1, -0.05) is 6.92 Å². The van der Waals surface area contributed by atoms with Gasteiger partial charge in [0.2, 0.25) is 0 Å². The van der Waals surface area contributed by atoms with Crippen molar-refractivity contribution in [3.63, 3.8) is 0 Å². The van der Waals surface area contributed by atoms with Crippen LogP contribution < -0.4 is 9.64 Å². The van der Waals surface area contributed by atoms with Crippen LogP contribution in [0.5, 0.6) is 5.75 Å². The van der Waals surface area contributed by atoms with Gasteiger partial charge in [-0.05, 0) is 73.6 Å². The molecule has 1 aromatic heterocycles. The molecule has 2 atom stereocenters. The number of hydrogen-bond donors (Lipinski definition) is 0. The molecule has 1 saturated heterocycles. The number of ether oxygens (including phenoxy) is 2. The Hall–Kier alpha value is -3.74. The second-order valence-corrected chi connectivity index (χ2v) is 9.71. The van der Waals surface area contributed by atoms with Crippen LogP contribution in [0.4, 0.5) is 23.7 Å². The van der Waals surface area contributed by atoms with E-state index in [1.807, 2.05) is 16.7 Å². The molecule has 2 heterocycles. The van der Waals surface area contributed by atoms with Gasteiger partial charge in [-0.15, -0.1) is 13.2 Å². The van der Waals surface area contributed by atoms with Crippen LogP contribution in [0.1, 0.15) is 38.2 Å². The van der Waals surface area contributed by atoms with Crippen molar-refractivity contribution in [2.75, 3.05) is 11.4 Å². The van der Waals surface area contributed by atoms with E-state index in [1.54, 1.807) is 12.4 Å². The minimum Gasteiger partial charge on any atom is -0.441 e. The van der Waals surface area contributed by atoms with Gasteiger partial charge in [0.1, 0.15) is 11.4 Å². The number of carbonyl (C=O) groups excluding carboxylic acids is 1. The fraction of sp³-hybridized carbons (Fsp3) is 0.400. The van der Waals surface area contributed by atoms with Crippen LogP contribution in [0.2, 0.25) is 0 Å². The minimum absolute atomic E-state index is 0.185. The van der Waals surface area contributed by atoms with E-state index in [2.05, 4.69) is 22.7 Å². The van der Waals surface area contributed by atoms with Crippen LogP contribution in [0, 0.1) is 16.7 Å². The van der Waals surface area contributed by atoms with Gasteiger partial charge < -0.3 is 14.0 Å². The summed E-state index contributed by atoms with van der Waals surface area (Å²) in [6.45, 7) is 3.14. The Morgan fingerprint density at radius 3 is 2.69 bits per heavy atom. The lowest BCUT2D eigenvalue weighted by Gasteiger charge is -2.43. The van der Waals surface area contributed by atoms with E-state index >= 15 is 0 Å². The Morgan fingerprint density at radius 1 is 1.20 bits per heavy atom. The van der Waals surface area contributed by atoms with Crippen molar-refractivity contribution in [1.29, 1.82) is 5.26 Å². The van der Waals surface area contributed by atoms with E-state index in [9.17, 15) is 23.2 Å². The van der Waals surface area contributed by atoms with E-state index in [4.69, 9.17) is 4.74 Å². The predicted molar refractivity (Wildman–Crippen MR) is 121 cm³/mol. The largest absolute Gasteiger partial charge is 0.573 e. The molecule has 2 fully saturated rings. The maximum Gasteiger partial charge on any atom is 0.573 e. The molecule has 182 valence electrons. The monoisotopic (exact) mass is 484 g/mol. The summed E-state index contributed by atoms with van der Waals surface area (Å²) >= 11 is 0. The Labute approximate surface area is 199 Å². The van der Waals surface area contributed by atoms with Gasteiger partial charge in [0.25, 0.3) is 0 Å². The number of alkyl halides is 3.